The number of anilines is 1. The van der Waals surface area contributed by atoms with Gasteiger partial charge in [-0.2, -0.15) is 0 Å². The highest BCUT2D eigenvalue weighted by molar-refractivity contribution is 14.1. The molecule has 0 radical (unpaired) electrons. The lowest BCUT2D eigenvalue weighted by atomic mass is 9.81. The van der Waals surface area contributed by atoms with Gasteiger partial charge in [-0.15, -0.1) is 0 Å². The molecule has 1 atom stereocenters. The molecule has 0 saturated heterocycles. The molecule has 88 valence electrons. The summed E-state index contributed by atoms with van der Waals surface area (Å²) < 4.78 is 1.41. The van der Waals surface area contributed by atoms with Gasteiger partial charge in [0.25, 0.3) is 0 Å². The molecule has 0 aromatic heterocycles. The molecule has 0 N–H and O–H groups in total. The second-order valence-electron chi connectivity index (χ2n) is 5.23. The van der Waals surface area contributed by atoms with E-state index in [1.165, 1.54) is 21.2 Å². The number of halogens is 1. The molecule has 1 aromatic carbocycles. The number of benzene rings is 1. The zero-order chi connectivity index (χ0) is 11.9. The maximum absolute atomic E-state index is 2.57. The Labute approximate surface area is 112 Å². The average Bonchev–Trinajstić information content (AvgIpc) is 2.41. The van der Waals surface area contributed by atoms with Crippen LogP contribution in [0, 0.1) is 3.57 Å². The monoisotopic (exact) mass is 329 g/mol. The van der Waals surface area contributed by atoms with Gasteiger partial charge in [0.2, 0.25) is 0 Å². The van der Waals surface area contributed by atoms with Crippen LogP contribution in [0.2, 0.25) is 0 Å². The quantitative estimate of drug-likeness (QED) is 0.736. The number of rotatable bonds is 2. The number of hydrogen-bond donors (Lipinski definition) is 0. The molecule has 0 aliphatic carbocycles. The van der Waals surface area contributed by atoms with Gasteiger partial charge in [0.15, 0.2) is 0 Å². The first kappa shape index (κ1) is 12.2. The van der Waals surface area contributed by atoms with E-state index in [2.05, 4.69) is 73.4 Å². The molecule has 0 fully saturated rings. The van der Waals surface area contributed by atoms with Gasteiger partial charge >= 0.3 is 0 Å². The smallest absolute Gasteiger partial charge is 0.0418 e. The molecule has 1 heterocycles. The Morgan fingerprint density at radius 2 is 2.06 bits per heavy atom. The van der Waals surface area contributed by atoms with Crippen LogP contribution in [0.15, 0.2) is 18.2 Å². The predicted molar refractivity (Wildman–Crippen MR) is 79.3 cm³/mol. The standard InChI is InChI=1S/C14H20IN/c1-5-9-16-10(2)14(3,4)13-11(15)7-6-8-12(13)16/h6-8,10H,5,9H2,1-4H3. The highest BCUT2D eigenvalue weighted by atomic mass is 127. The predicted octanol–water partition coefficient (Wildman–Crippen LogP) is 4.19. The van der Waals surface area contributed by atoms with E-state index in [1.54, 1.807) is 0 Å². The summed E-state index contributed by atoms with van der Waals surface area (Å²) in [4.78, 5) is 2.57. The van der Waals surface area contributed by atoms with Gasteiger partial charge in [-0.25, -0.2) is 0 Å². The van der Waals surface area contributed by atoms with Crippen molar-refractivity contribution in [2.24, 2.45) is 0 Å². The summed E-state index contributed by atoms with van der Waals surface area (Å²) in [5.41, 5.74) is 3.25. The topological polar surface area (TPSA) is 3.24 Å². The van der Waals surface area contributed by atoms with Gasteiger partial charge in [0.1, 0.15) is 0 Å². The molecule has 1 aromatic rings. The molecular formula is C14H20IN. The molecule has 2 heteroatoms. The van der Waals surface area contributed by atoms with Crippen molar-refractivity contribution >= 4 is 28.3 Å². The summed E-state index contributed by atoms with van der Waals surface area (Å²) in [6, 6.07) is 7.28. The summed E-state index contributed by atoms with van der Waals surface area (Å²) in [6.07, 6.45) is 1.21. The van der Waals surface area contributed by atoms with Crippen LogP contribution >= 0.6 is 22.6 Å². The summed E-state index contributed by atoms with van der Waals surface area (Å²) >= 11 is 2.47. The van der Waals surface area contributed by atoms with Crippen LogP contribution in [-0.4, -0.2) is 12.6 Å². The van der Waals surface area contributed by atoms with Crippen LogP contribution in [0.3, 0.4) is 0 Å². The Morgan fingerprint density at radius 1 is 1.38 bits per heavy atom. The van der Waals surface area contributed by atoms with Crippen molar-refractivity contribution in [3.63, 3.8) is 0 Å². The van der Waals surface area contributed by atoms with Crippen LogP contribution in [0.4, 0.5) is 5.69 Å². The molecule has 16 heavy (non-hydrogen) atoms. The van der Waals surface area contributed by atoms with E-state index in [4.69, 9.17) is 0 Å². The fourth-order valence-corrected chi connectivity index (χ4v) is 3.93. The summed E-state index contributed by atoms with van der Waals surface area (Å²) in [7, 11) is 0. The van der Waals surface area contributed by atoms with E-state index in [1.807, 2.05) is 0 Å². The molecule has 0 amide bonds. The van der Waals surface area contributed by atoms with Gasteiger partial charge in [-0.3, -0.25) is 0 Å². The first-order valence-electron chi connectivity index (χ1n) is 6.05. The van der Waals surface area contributed by atoms with Crippen molar-refractivity contribution < 1.29 is 0 Å². The van der Waals surface area contributed by atoms with Crippen molar-refractivity contribution in [1.29, 1.82) is 0 Å². The molecule has 0 spiro atoms. The van der Waals surface area contributed by atoms with Crippen molar-refractivity contribution in [3.05, 3.63) is 27.3 Å². The molecule has 0 saturated carbocycles. The van der Waals surface area contributed by atoms with Crippen molar-refractivity contribution in [2.75, 3.05) is 11.4 Å². The molecule has 1 aliphatic rings. The van der Waals surface area contributed by atoms with E-state index >= 15 is 0 Å². The van der Waals surface area contributed by atoms with Crippen LogP contribution in [0.1, 0.15) is 39.7 Å². The maximum atomic E-state index is 2.57. The first-order chi connectivity index (χ1) is 7.50. The van der Waals surface area contributed by atoms with Gasteiger partial charge in [-0.1, -0.05) is 26.8 Å². The molecule has 1 aliphatic heterocycles. The molecular weight excluding hydrogens is 309 g/mol. The third kappa shape index (κ3) is 1.66. The van der Waals surface area contributed by atoms with E-state index in [9.17, 15) is 0 Å². The fourth-order valence-electron chi connectivity index (χ4n) is 2.75. The minimum absolute atomic E-state index is 0.266. The summed E-state index contributed by atoms with van der Waals surface area (Å²) in [5.74, 6) is 0. The highest BCUT2D eigenvalue weighted by Gasteiger charge is 2.42. The van der Waals surface area contributed by atoms with E-state index in [-0.39, 0.29) is 5.41 Å². The van der Waals surface area contributed by atoms with Crippen LogP contribution in [0.5, 0.6) is 0 Å². The second-order valence-corrected chi connectivity index (χ2v) is 6.39. The van der Waals surface area contributed by atoms with E-state index in [0.717, 1.165) is 6.54 Å². The van der Waals surface area contributed by atoms with E-state index < -0.39 is 0 Å². The van der Waals surface area contributed by atoms with Crippen molar-refractivity contribution in [1.82, 2.24) is 0 Å². The van der Waals surface area contributed by atoms with Gasteiger partial charge < -0.3 is 4.90 Å². The average molecular weight is 329 g/mol. The second kappa shape index (κ2) is 4.21. The lowest BCUT2D eigenvalue weighted by molar-refractivity contribution is 0.439. The third-order valence-corrected chi connectivity index (χ3v) is 4.82. The lowest BCUT2D eigenvalue weighted by Gasteiger charge is -2.31. The van der Waals surface area contributed by atoms with E-state index in [0.29, 0.717) is 6.04 Å². The summed E-state index contributed by atoms with van der Waals surface area (Å²) in [5, 5.41) is 0. The Hall–Kier alpha value is -0.250. The first-order valence-corrected chi connectivity index (χ1v) is 7.13. The fraction of sp³-hybridized carbons (Fsp3) is 0.571. The molecule has 2 rings (SSSR count). The van der Waals surface area contributed by atoms with Crippen LogP contribution < -0.4 is 4.90 Å². The minimum atomic E-state index is 0.266. The zero-order valence-corrected chi connectivity index (χ0v) is 12.7. The van der Waals surface area contributed by atoms with Crippen molar-refractivity contribution in [2.45, 2.75) is 45.6 Å². The highest BCUT2D eigenvalue weighted by Crippen LogP contribution is 2.46. The Kier molecular flexibility index (Phi) is 3.21. The van der Waals surface area contributed by atoms with Crippen molar-refractivity contribution in [3.8, 4) is 0 Å². The molecule has 1 nitrogen and oxygen atoms in total. The third-order valence-electron chi connectivity index (χ3n) is 3.92. The zero-order valence-electron chi connectivity index (χ0n) is 10.5. The van der Waals surface area contributed by atoms with Gasteiger partial charge in [-0.05, 0) is 53.6 Å². The largest absolute Gasteiger partial charge is 0.368 e. The van der Waals surface area contributed by atoms with Crippen LogP contribution in [-0.2, 0) is 5.41 Å². The maximum Gasteiger partial charge on any atom is 0.0418 e. The molecule has 0 bridgehead atoms. The lowest BCUT2D eigenvalue weighted by Crippen LogP contribution is -2.39. The normalized spacial score (nSPS) is 22.3. The number of fused-ring (bicyclic) bond motifs is 1. The summed E-state index contributed by atoms with van der Waals surface area (Å²) in [6.45, 7) is 10.5. The van der Waals surface area contributed by atoms with Crippen LogP contribution in [0.25, 0.3) is 0 Å². The Balaban J connectivity index is 2.56. The minimum Gasteiger partial charge on any atom is -0.368 e. The number of hydrogen-bond acceptors (Lipinski definition) is 1. The number of nitrogens with zero attached hydrogens (tertiary/aromatic N) is 1. The van der Waals surface area contributed by atoms with Gasteiger partial charge in [0, 0.05) is 27.3 Å². The Morgan fingerprint density at radius 3 is 2.69 bits per heavy atom. The Bertz CT molecular complexity index is 398. The van der Waals surface area contributed by atoms with Gasteiger partial charge in [0.05, 0.1) is 0 Å². The SMILES string of the molecule is CCCN1c2cccc(I)c2C(C)(C)C1C. The molecule has 1 unspecified atom stereocenters.